The molecule has 0 aliphatic heterocycles. The van der Waals surface area contributed by atoms with Gasteiger partial charge < -0.3 is 19.7 Å². The number of phenolic OH excluding ortho intramolecular Hbond substituents is 2. The number of esters is 2. The SMILES string of the molecule is O=C(OCC12CC3CC(CC(C3)C1)C2)C1C(c2ccc(O)cc2)C(C(=O)OCC23CC4CC(CC(C4)C2)C3)C1c1ccc(O)cc1. The molecule has 2 aromatic carbocycles. The number of rotatable bonds is 8. The molecule has 0 heterocycles. The number of hydrogen-bond acceptors (Lipinski definition) is 6. The molecule has 0 spiro atoms. The molecule has 9 saturated carbocycles. The van der Waals surface area contributed by atoms with Gasteiger partial charge in [-0.1, -0.05) is 24.3 Å². The maximum absolute atomic E-state index is 14.3. The minimum Gasteiger partial charge on any atom is -0.508 e. The van der Waals surface area contributed by atoms with Crippen LogP contribution >= 0.6 is 0 Å². The first-order valence-corrected chi connectivity index (χ1v) is 18.1. The van der Waals surface area contributed by atoms with Crippen LogP contribution in [0.4, 0.5) is 0 Å². The van der Waals surface area contributed by atoms with Crippen LogP contribution in [-0.2, 0) is 19.1 Å². The van der Waals surface area contributed by atoms with Crippen molar-refractivity contribution < 1.29 is 29.3 Å². The average Bonchev–Trinajstić information content (AvgIpc) is 2.99. The fraction of sp³-hybridized carbons (Fsp3) is 0.650. The largest absolute Gasteiger partial charge is 0.508 e. The van der Waals surface area contributed by atoms with Gasteiger partial charge in [-0.15, -0.1) is 0 Å². The van der Waals surface area contributed by atoms with E-state index < -0.39 is 23.7 Å². The van der Waals surface area contributed by atoms with Crippen molar-refractivity contribution in [2.45, 2.75) is 88.9 Å². The van der Waals surface area contributed by atoms with E-state index in [1.165, 1.54) is 77.0 Å². The second kappa shape index (κ2) is 10.8. The zero-order valence-corrected chi connectivity index (χ0v) is 26.8. The monoisotopic (exact) mass is 624 g/mol. The Bertz CT molecular complexity index is 1300. The van der Waals surface area contributed by atoms with Gasteiger partial charge in [0.15, 0.2) is 0 Å². The fourth-order valence-electron chi connectivity index (χ4n) is 13.1. The van der Waals surface area contributed by atoms with E-state index in [0.29, 0.717) is 13.2 Å². The Morgan fingerprint density at radius 3 is 1.09 bits per heavy atom. The van der Waals surface area contributed by atoms with Gasteiger partial charge >= 0.3 is 11.9 Å². The van der Waals surface area contributed by atoms with Crippen molar-refractivity contribution in [3.8, 4) is 11.5 Å². The molecule has 9 aliphatic carbocycles. The highest BCUT2D eigenvalue weighted by Gasteiger charge is 2.61. The highest BCUT2D eigenvalue weighted by molar-refractivity contribution is 5.85. The summed E-state index contributed by atoms with van der Waals surface area (Å²) in [6.07, 6.45) is 15.0. The van der Waals surface area contributed by atoms with E-state index in [1.807, 2.05) is 24.3 Å². The van der Waals surface area contributed by atoms with Crippen LogP contribution in [0.3, 0.4) is 0 Å². The lowest BCUT2D eigenvalue weighted by molar-refractivity contribution is -0.178. The van der Waals surface area contributed by atoms with Crippen molar-refractivity contribution in [1.29, 1.82) is 0 Å². The Morgan fingerprint density at radius 1 is 0.522 bits per heavy atom. The van der Waals surface area contributed by atoms with Crippen LogP contribution in [0, 0.1) is 58.2 Å². The van der Waals surface area contributed by atoms with Gasteiger partial charge in [-0.2, -0.15) is 0 Å². The lowest BCUT2D eigenvalue weighted by atomic mass is 9.50. The number of aromatic hydroxyl groups is 2. The van der Waals surface area contributed by atoms with Crippen LogP contribution in [0.5, 0.6) is 11.5 Å². The average molecular weight is 625 g/mol. The number of benzene rings is 2. The van der Waals surface area contributed by atoms with Crippen molar-refractivity contribution in [3.05, 3.63) is 59.7 Å². The third-order valence-electron chi connectivity index (χ3n) is 14.0. The minimum absolute atomic E-state index is 0.104. The molecule has 6 nitrogen and oxygen atoms in total. The number of ether oxygens (including phenoxy) is 2. The van der Waals surface area contributed by atoms with Crippen molar-refractivity contribution in [2.24, 2.45) is 58.2 Å². The summed E-state index contributed by atoms with van der Waals surface area (Å²) in [6, 6.07) is 13.9. The first-order chi connectivity index (χ1) is 22.2. The Labute approximate surface area is 272 Å². The number of carbonyl (C=O) groups is 2. The lowest BCUT2D eigenvalue weighted by Gasteiger charge is -2.57. The van der Waals surface area contributed by atoms with Crippen molar-refractivity contribution in [1.82, 2.24) is 0 Å². The van der Waals surface area contributed by atoms with Gasteiger partial charge in [0.05, 0.1) is 25.0 Å². The maximum atomic E-state index is 14.3. The Kier molecular flexibility index (Phi) is 6.81. The molecule has 0 radical (unpaired) electrons. The molecule has 6 heteroatoms. The van der Waals surface area contributed by atoms with Crippen molar-refractivity contribution in [3.63, 3.8) is 0 Å². The molecule has 0 unspecified atom stereocenters. The summed E-state index contributed by atoms with van der Waals surface area (Å²) >= 11 is 0. The zero-order valence-electron chi connectivity index (χ0n) is 26.8. The van der Waals surface area contributed by atoms with Crippen LogP contribution in [-0.4, -0.2) is 35.4 Å². The normalized spacial score (nSPS) is 42.9. The molecule has 9 fully saturated rings. The molecule has 2 aromatic rings. The van der Waals surface area contributed by atoms with E-state index in [4.69, 9.17) is 9.47 Å². The molecule has 9 aliphatic rings. The van der Waals surface area contributed by atoms with Gasteiger partial charge in [0.2, 0.25) is 0 Å². The Balaban J connectivity index is 0.997. The van der Waals surface area contributed by atoms with E-state index in [0.717, 1.165) is 46.6 Å². The first kappa shape index (κ1) is 29.1. The molecule has 0 aromatic heterocycles. The summed E-state index contributed by atoms with van der Waals surface area (Å²) in [5.41, 5.74) is 1.90. The smallest absolute Gasteiger partial charge is 0.310 e. The summed E-state index contributed by atoms with van der Waals surface area (Å²) < 4.78 is 12.7. The van der Waals surface area contributed by atoms with Crippen molar-refractivity contribution in [2.75, 3.05) is 13.2 Å². The Hall–Kier alpha value is -3.02. The molecule has 244 valence electrons. The van der Waals surface area contributed by atoms with Crippen LogP contribution in [0.15, 0.2) is 48.5 Å². The number of phenols is 2. The topological polar surface area (TPSA) is 93.1 Å². The molecule has 11 rings (SSSR count). The van der Waals surface area contributed by atoms with E-state index in [-0.39, 0.29) is 34.3 Å². The van der Waals surface area contributed by atoms with Gasteiger partial charge in [-0.05, 0) is 148 Å². The van der Waals surface area contributed by atoms with E-state index in [1.54, 1.807) is 24.3 Å². The van der Waals surface area contributed by atoms with E-state index in [2.05, 4.69) is 0 Å². The summed E-state index contributed by atoms with van der Waals surface area (Å²) in [7, 11) is 0. The second-order valence-electron chi connectivity index (χ2n) is 17.3. The van der Waals surface area contributed by atoms with Crippen LogP contribution in [0.2, 0.25) is 0 Å². The van der Waals surface area contributed by atoms with Crippen LogP contribution < -0.4 is 0 Å². The van der Waals surface area contributed by atoms with Gasteiger partial charge in [-0.25, -0.2) is 0 Å². The van der Waals surface area contributed by atoms with Crippen LogP contribution in [0.1, 0.15) is 100 Å². The van der Waals surface area contributed by atoms with E-state index in [9.17, 15) is 19.8 Å². The minimum atomic E-state index is -0.555. The second-order valence-corrected chi connectivity index (χ2v) is 17.3. The Morgan fingerprint density at radius 2 is 0.804 bits per heavy atom. The van der Waals surface area contributed by atoms with Gasteiger partial charge in [0, 0.05) is 22.7 Å². The molecular formula is C40H48O6. The fourth-order valence-corrected chi connectivity index (χ4v) is 13.1. The summed E-state index contributed by atoms with van der Waals surface area (Å²) in [4.78, 5) is 28.6. The zero-order chi connectivity index (χ0) is 31.2. The molecule has 2 N–H and O–H groups in total. The van der Waals surface area contributed by atoms with Gasteiger partial charge in [-0.3, -0.25) is 9.59 Å². The predicted octanol–water partition coefficient (Wildman–Crippen LogP) is 7.73. The van der Waals surface area contributed by atoms with E-state index >= 15 is 0 Å². The van der Waals surface area contributed by atoms with Crippen molar-refractivity contribution >= 4 is 11.9 Å². The number of hydrogen-bond donors (Lipinski definition) is 2. The molecular weight excluding hydrogens is 576 g/mol. The molecule has 8 bridgehead atoms. The quantitative estimate of drug-likeness (QED) is 0.292. The summed E-state index contributed by atoms with van der Waals surface area (Å²) in [5, 5.41) is 20.2. The standard InChI is InChI=1S/C40H48O6/c41-31-5-1-29(2-6-31)33-35(37(43)45-21-39-15-23-9-24(16-39)11-25(10-23)17-39)34(30-3-7-32(42)8-4-30)36(33)38(44)46-22-40-18-26-12-27(19-40)14-28(13-26)20-40/h1-8,23-28,33-36,41-42H,9-22H2. The lowest BCUT2D eigenvalue weighted by Crippen LogP contribution is -2.54. The van der Waals surface area contributed by atoms with Gasteiger partial charge in [0.1, 0.15) is 11.5 Å². The predicted molar refractivity (Wildman–Crippen MR) is 172 cm³/mol. The maximum Gasteiger partial charge on any atom is 0.310 e. The summed E-state index contributed by atoms with van der Waals surface area (Å²) in [5.74, 6) is 2.54. The molecule has 0 saturated heterocycles. The van der Waals surface area contributed by atoms with Crippen LogP contribution in [0.25, 0.3) is 0 Å². The first-order valence-electron chi connectivity index (χ1n) is 18.1. The highest BCUT2D eigenvalue weighted by Crippen LogP contribution is 2.63. The molecule has 0 amide bonds. The third-order valence-corrected chi connectivity index (χ3v) is 14.0. The highest BCUT2D eigenvalue weighted by atomic mass is 16.5. The summed E-state index contributed by atoms with van der Waals surface area (Å²) in [6.45, 7) is 0.940. The third kappa shape index (κ3) is 4.95. The molecule has 0 atom stereocenters. The number of carbonyl (C=O) groups excluding carboxylic acids is 2. The molecule has 46 heavy (non-hydrogen) atoms. The van der Waals surface area contributed by atoms with Gasteiger partial charge in [0.25, 0.3) is 0 Å².